The second-order valence-corrected chi connectivity index (χ2v) is 18.2. The zero-order chi connectivity index (χ0) is 54.7. The van der Waals surface area contributed by atoms with Gasteiger partial charge in [-0.3, -0.25) is 38.4 Å². The van der Waals surface area contributed by atoms with Crippen molar-refractivity contribution < 1.29 is 38.4 Å². The third-order valence-electron chi connectivity index (χ3n) is 12.2. The lowest BCUT2D eigenvalue weighted by Gasteiger charge is -2.18. The molecule has 9 N–H and O–H groups in total. The lowest BCUT2D eigenvalue weighted by molar-refractivity contribution is -0.127. The molecule has 0 bridgehead atoms. The van der Waals surface area contributed by atoms with E-state index in [1.54, 1.807) is 51.1 Å². The minimum absolute atomic E-state index is 0. The van der Waals surface area contributed by atoms with E-state index in [-0.39, 0.29) is 84.1 Å². The zero-order valence-corrected chi connectivity index (χ0v) is 42.7. The number of hydrogen-bond donors (Lipinski definition) is 5. The summed E-state index contributed by atoms with van der Waals surface area (Å²) >= 11 is 0. The fourth-order valence-corrected chi connectivity index (χ4v) is 7.71. The van der Waals surface area contributed by atoms with Crippen LogP contribution in [0.3, 0.4) is 0 Å². The van der Waals surface area contributed by atoms with E-state index < -0.39 is 41.5 Å². The molecule has 79 heavy (non-hydrogen) atoms. The highest BCUT2D eigenvalue weighted by molar-refractivity contribution is 6.09. The number of nitrogens with two attached hydrogens (primary N) is 4. The summed E-state index contributed by atoms with van der Waals surface area (Å²) in [5.74, 6) is -3.67. The number of carbonyl (C=O) groups is 8. The van der Waals surface area contributed by atoms with E-state index in [0.717, 1.165) is 39.4 Å². The van der Waals surface area contributed by atoms with E-state index in [0.29, 0.717) is 24.0 Å². The maximum Gasteiger partial charge on any atom is 0.251 e. The molecule has 4 atom stereocenters. The Morgan fingerprint density at radius 1 is 0.430 bits per heavy atom. The summed E-state index contributed by atoms with van der Waals surface area (Å²) in [5, 5.41) is 4.61. The number of hydrogen-bond acceptors (Lipinski definition) is 8. The Hall–Kier alpha value is -8.84. The molecule has 0 aliphatic heterocycles. The molecule has 13 nitrogen and oxygen atoms in total. The number of amides is 5. The molecular weight excluding hydrogens is 991 g/mol. The number of ketones is 3. The molecule has 7 aromatic carbocycles. The Kier molecular flexibility index (Phi) is 32.9. The standard InChI is InChI=1S/C18H19NO2.C16H16N2O2.C15H15NO2.C13H17NO2.4CH4/c1-13(18(19)21)12-16(20)17(14-8-4-2-5-9-14)15-10-6-3-7-11-15;17-15(19)14(11-12-7-3-1-4-8-12)18-16(20)13-9-5-2-6-10-13;1-10(15(16)18)9-14(17)13-8-4-6-11-5-2-3-7-12(11)13;1-10(13(14)16)9-12(15)8-7-11-5-3-2-4-6-11;;;;/h2-11,13,17H,12H2,1H3,(H2,19,21);1-10,14H,11H2,(H2,17,19)(H,18,20);2-8,10H,9H2,1H3,(H2,16,18);2-6,10H,7-9H2,1H3,(H2,14,16);4*1H4/t13-;14-;2*10-;;;;/m1011..../s1. The van der Waals surface area contributed by atoms with E-state index in [1.165, 1.54) is 0 Å². The lowest BCUT2D eigenvalue weighted by Crippen LogP contribution is -2.45. The van der Waals surface area contributed by atoms with Crippen molar-refractivity contribution in [1.29, 1.82) is 0 Å². The van der Waals surface area contributed by atoms with Crippen LogP contribution in [0.15, 0.2) is 194 Å². The van der Waals surface area contributed by atoms with E-state index in [4.69, 9.17) is 22.9 Å². The normalized spacial score (nSPS) is 11.4. The summed E-state index contributed by atoms with van der Waals surface area (Å²) < 4.78 is 0. The predicted molar refractivity (Wildman–Crippen MR) is 321 cm³/mol. The van der Waals surface area contributed by atoms with Crippen LogP contribution in [0, 0.1) is 17.8 Å². The first-order valence-corrected chi connectivity index (χ1v) is 24.7. The Morgan fingerprint density at radius 2 is 0.835 bits per heavy atom. The smallest absolute Gasteiger partial charge is 0.251 e. The van der Waals surface area contributed by atoms with Gasteiger partial charge in [-0.05, 0) is 51.6 Å². The second kappa shape index (κ2) is 37.0. The van der Waals surface area contributed by atoms with Crippen molar-refractivity contribution in [2.75, 3.05) is 0 Å². The monoisotopic (exact) mass is 1070 g/mol. The Labute approximate surface area is 468 Å². The highest BCUT2D eigenvalue weighted by Gasteiger charge is 2.26. The summed E-state index contributed by atoms with van der Waals surface area (Å²) in [6, 6.07) is 59.8. The molecule has 0 unspecified atom stereocenters. The summed E-state index contributed by atoms with van der Waals surface area (Å²) in [7, 11) is 0. The molecule has 0 heterocycles. The topological polar surface area (TPSA) is 253 Å². The molecule has 0 radical (unpaired) electrons. The average molecular weight is 1070 g/mol. The van der Waals surface area contributed by atoms with Crippen LogP contribution in [0.1, 0.15) is 125 Å². The molecule has 0 aliphatic carbocycles. The number of Topliss-reactive ketones (excluding diaryl/α,β-unsaturated/α-hetero) is 3. The summed E-state index contributed by atoms with van der Waals surface area (Å²) in [6.07, 6.45) is 2.15. The molecule has 13 heteroatoms. The molecule has 0 fully saturated rings. The van der Waals surface area contributed by atoms with Gasteiger partial charge in [0.05, 0.1) is 5.92 Å². The van der Waals surface area contributed by atoms with Crippen LogP contribution in [0.2, 0.25) is 0 Å². The highest BCUT2D eigenvalue weighted by Crippen LogP contribution is 2.28. The fraction of sp³-hybridized carbons (Fsp3) is 0.273. The Bertz CT molecular complexity index is 2910. The van der Waals surface area contributed by atoms with E-state index in [2.05, 4.69) is 5.32 Å². The van der Waals surface area contributed by atoms with Crippen molar-refractivity contribution in [2.24, 2.45) is 40.7 Å². The van der Waals surface area contributed by atoms with Crippen LogP contribution in [-0.4, -0.2) is 52.9 Å². The van der Waals surface area contributed by atoms with Crippen LogP contribution in [0.4, 0.5) is 0 Å². The molecule has 0 spiro atoms. The molecule has 7 rings (SSSR count). The maximum absolute atomic E-state index is 12.7. The molecule has 7 aromatic rings. The van der Waals surface area contributed by atoms with Gasteiger partial charge in [0.2, 0.25) is 23.6 Å². The third kappa shape index (κ3) is 24.4. The van der Waals surface area contributed by atoms with E-state index in [1.807, 2.05) is 164 Å². The largest absolute Gasteiger partial charge is 0.369 e. The average Bonchev–Trinajstić information content (AvgIpc) is 3.41. The Balaban J connectivity index is 0.00000101. The van der Waals surface area contributed by atoms with Gasteiger partial charge in [-0.15, -0.1) is 0 Å². The van der Waals surface area contributed by atoms with Gasteiger partial charge in [0.1, 0.15) is 17.6 Å². The van der Waals surface area contributed by atoms with Crippen molar-refractivity contribution in [1.82, 2.24) is 5.32 Å². The fourth-order valence-electron chi connectivity index (χ4n) is 7.71. The van der Waals surface area contributed by atoms with Gasteiger partial charge < -0.3 is 28.3 Å². The molecule has 420 valence electrons. The molecule has 0 aliphatic rings. The predicted octanol–water partition coefficient (Wildman–Crippen LogP) is 11.2. The number of fused-ring (bicyclic) bond motifs is 1. The molecule has 5 amide bonds. The van der Waals surface area contributed by atoms with Crippen molar-refractivity contribution in [2.45, 2.75) is 101 Å². The third-order valence-corrected chi connectivity index (χ3v) is 12.2. The number of benzene rings is 7. The number of nitrogens with one attached hydrogen (secondary N) is 1. The van der Waals surface area contributed by atoms with Gasteiger partial charge >= 0.3 is 0 Å². The van der Waals surface area contributed by atoms with Crippen molar-refractivity contribution in [3.8, 4) is 0 Å². The first-order valence-electron chi connectivity index (χ1n) is 24.7. The van der Waals surface area contributed by atoms with Gasteiger partial charge in [-0.1, -0.05) is 232 Å². The van der Waals surface area contributed by atoms with Crippen molar-refractivity contribution in [3.63, 3.8) is 0 Å². The summed E-state index contributed by atoms with van der Waals surface area (Å²) in [4.78, 5) is 92.8. The number of aryl methyl sites for hydroxylation is 1. The van der Waals surface area contributed by atoms with Gasteiger partial charge in [0, 0.05) is 61.0 Å². The minimum atomic E-state index is -0.717. The quantitative estimate of drug-likeness (QED) is 0.0432. The van der Waals surface area contributed by atoms with Crippen LogP contribution >= 0.6 is 0 Å². The van der Waals surface area contributed by atoms with Gasteiger partial charge in [0.25, 0.3) is 5.91 Å². The first kappa shape index (κ1) is 70.2. The van der Waals surface area contributed by atoms with E-state index in [9.17, 15) is 38.4 Å². The second-order valence-electron chi connectivity index (χ2n) is 18.2. The van der Waals surface area contributed by atoms with Crippen LogP contribution in [0.5, 0.6) is 0 Å². The highest BCUT2D eigenvalue weighted by atomic mass is 16.2. The van der Waals surface area contributed by atoms with Gasteiger partial charge in [-0.2, -0.15) is 0 Å². The molecule has 0 saturated heterocycles. The van der Waals surface area contributed by atoms with Crippen LogP contribution < -0.4 is 28.3 Å². The SMILES string of the molecule is C.C.C.C.C[C@H](CC(=O)C(c1ccccc1)c1ccccc1)C(N)=O.C[C@H](CC(=O)CCc1ccccc1)C(N)=O.C[C@H](CC(=O)c1cccc2ccccc12)C(N)=O.NC(=O)[C@H](Cc1ccccc1)NC(=O)c1ccccc1. The van der Waals surface area contributed by atoms with Crippen LogP contribution in [-0.2, 0) is 41.6 Å². The maximum atomic E-state index is 12.7. The van der Waals surface area contributed by atoms with Crippen molar-refractivity contribution >= 4 is 57.7 Å². The van der Waals surface area contributed by atoms with Crippen LogP contribution in [0.25, 0.3) is 10.8 Å². The lowest BCUT2D eigenvalue weighted by atomic mass is 9.84. The molecule has 0 saturated carbocycles. The molecular formula is C66H83N5O8. The van der Waals surface area contributed by atoms with Gasteiger partial charge in [-0.25, -0.2) is 0 Å². The zero-order valence-electron chi connectivity index (χ0n) is 42.7. The van der Waals surface area contributed by atoms with Gasteiger partial charge in [0.15, 0.2) is 5.78 Å². The first-order chi connectivity index (χ1) is 35.9. The number of primary amides is 4. The summed E-state index contributed by atoms with van der Waals surface area (Å²) in [6.45, 7) is 5.04. The van der Waals surface area contributed by atoms with Crippen molar-refractivity contribution in [3.05, 3.63) is 228 Å². The number of rotatable bonds is 21. The summed E-state index contributed by atoms with van der Waals surface area (Å²) in [5.41, 5.74) is 26.0. The van der Waals surface area contributed by atoms with E-state index >= 15 is 0 Å². The Morgan fingerprint density at radius 3 is 1.32 bits per heavy atom. The minimum Gasteiger partial charge on any atom is -0.369 e. The molecule has 0 aromatic heterocycles. The number of carbonyl (C=O) groups excluding carboxylic acids is 8.